The van der Waals surface area contributed by atoms with Gasteiger partial charge >= 0.3 is 0 Å². The van der Waals surface area contributed by atoms with Gasteiger partial charge in [-0.3, -0.25) is 0 Å². The molecule has 0 aromatic rings. The quantitative estimate of drug-likeness (QED) is 0.766. The molecule has 2 heteroatoms. The lowest BCUT2D eigenvalue weighted by Gasteiger charge is -2.41. The minimum Gasteiger partial charge on any atom is -0.317 e. The minimum absolute atomic E-state index is 0.691. The second-order valence-corrected chi connectivity index (χ2v) is 6.85. The van der Waals surface area contributed by atoms with E-state index < -0.39 is 0 Å². The Balaban J connectivity index is 1.38. The highest BCUT2D eigenvalue weighted by atomic mass is 14.9. The smallest absolute Gasteiger partial charge is 0.000782 e. The number of nitrogens with one attached hydrogen (secondary N) is 2. The average Bonchev–Trinajstić information content (AvgIpc) is 2.96. The van der Waals surface area contributed by atoms with Crippen LogP contribution in [0.3, 0.4) is 0 Å². The van der Waals surface area contributed by atoms with Crippen LogP contribution < -0.4 is 10.6 Å². The summed E-state index contributed by atoms with van der Waals surface area (Å²) in [7, 11) is 0. The van der Waals surface area contributed by atoms with E-state index in [2.05, 4.69) is 17.6 Å². The molecule has 1 heterocycles. The molecule has 2 nitrogen and oxygen atoms in total. The Kier molecular flexibility index (Phi) is 3.20. The Hall–Kier alpha value is -0.0800. The van der Waals surface area contributed by atoms with Gasteiger partial charge in [-0.05, 0) is 74.9 Å². The van der Waals surface area contributed by atoms with Crippen LogP contribution in [0.2, 0.25) is 0 Å². The second kappa shape index (κ2) is 4.55. The van der Waals surface area contributed by atoms with Gasteiger partial charge in [0.05, 0.1) is 0 Å². The molecular formula is C15H28N2. The van der Waals surface area contributed by atoms with Crippen LogP contribution in [0.4, 0.5) is 0 Å². The molecule has 0 aromatic carbocycles. The van der Waals surface area contributed by atoms with E-state index in [1.165, 1.54) is 71.1 Å². The van der Waals surface area contributed by atoms with Crippen LogP contribution in [-0.4, -0.2) is 26.2 Å². The maximum atomic E-state index is 3.79. The molecule has 3 rings (SSSR count). The first-order valence-electron chi connectivity index (χ1n) is 7.70. The fourth-order valence-corrected chi connectivity index (χ4v) is 4.10. The first-order valence-corrected chi connectivity index (χ1v) is 7.70. The van der Waals surface area contributed by atoms with Crippen LogP contribution in [-0.2, 0) is 0 Å². The summed E-state index contributed by atoms with van der Waals surface area (Å²) in [5, 5.41) is 7.28. The molecule has 0 amide bonds. The molecule has 1 saturated heterocycles. The molecule has 0 aromatic heterocycles. The summed E-state index contributed by atoms with van der Waals surface area (Å²) < 4.78 is 0. The third-order valence-electron chi connectivity index (χ3n) is 6.01. The van der Waals surface area contributed by atoms with Gasteiger partial charge in [0.25, 0.3) is 0 Å². The molecule has 3 fully saturated rings. The van der Waals surface area contributed by atoms with Crippen molar-refractivity contribution in [1.82, 2.24) is 10.6 Å². The molecule has 1 unspecified atom stereocenters. The Labute approximate surface area is 106 Å². The molecule has 1 atom stereocenters. The van der Waals surface area contributed by atoms with Crippen molar-refractivity contribution in [2.75, 3.05) is 26.2 Å². The molecule has 3 aliphatic rings. The zero-order valence-electron chi connectivity index (χ0n) is 11.4. The van der Waals surface area contributed by atoms with E-state index in [1.54, 1.807) is 0 Å². The van der Waals surface area contributed by atoms with E-state index in [1.807, 2.05) is 0 Å². The Morgan fingerprint density at radius 3 is 2.53 bits per heavy atom. The maximum absolute atomic E-state index is 3.79. The number of piperidine rings is 1. The molecule has 1 spiro atoms. The van der Waals surface area contributed by atoms with Crippen molar-refractivity contribution in [2.45, 2.75) is 51.9 Å². The lowest BCUT2D eigenvalue weighted by Crippen LogP contribution is -2.40. The van der Waals surface area contributed by atoms with Crippen molar-refractivity contribution in [3.8, 4) is 0 Å². The lowest BCUT2D eigenvalue weighted by atomic mass is 9.67. The number of rotatable bonds is 5. The van der Waals surface area contributed by atoms with E-state index in [9.17, 15) is 0 Å². The highest BCUT2D eigenvalue weighted by Gasteiger charge is 2.53. The first kappa shape index (κ1) is 12.0. The average molecular weight is 236 g/mol. The van der Waals surface area contributed by atoms with Crippen LogP contribution in [0, 0.1) is 16.7 Å². The lowest BCUT2D eigenvalue weighted by molar-refractivity contribution is 0.123. The molecule has 1 aliphatic heterocycles. The van der Waals surface area contributed by atoms with Crippen molar-refractivity contribution in [3.05, 3.63) is 0 Å². The third-order valence-corrected chi connectivity index (χ3v) is 6.01. The summed E-state index contributed by atoms with van der Waals surface area (Å²) in [6.07, 6.45) is 10.1. The van der Waals surface area contributed by atoms with Gasteiger partial charge in [0, 0.05) is 6.54 Å². The number of hydrogen-bond donors (Lipinski definition) is 2. The third kappa shape index (κ3) is 2.26. The normalized spacial score (nSPS) is 33.4. The van der Waals surface area contributed by atoms with Crippen molar-refractivity contribution in [1.29, 1.82) is 0 Å². The molecule has 0 radical (unpaired) electrons. The zero-order chi connectivity index (χ0) is 11.8. The van der Waals surface area contributed by atoms with E-state index in [0.717, 1.165) is 11.3 Å². The number of hydrogen-bond acceptors (Lipinski definition) is 2. The van der Waals surface area contributed by atoms with Gasteiger partial charge in [0.15, 0.2) is 0 Å². The molecule has 2 saturated carbocycles. The standard InChI is InChI=1S/C15H28N2/c1-2-14(4-3-5-14)12-17-11-13-10-15(13)6-8-16-9-7-15/h13,16-17H,2-12H2,1H3. The first-order chi connectivity index (χ1) is 8.29. The summed E-state index contributed by atoms with van der Waals surface area (Å²) in [5.74, 6) is 0.999. The molecule has 0 bridgehead atoms. The van der Waals surface area contributed by atoms with Gasteiger partial charge in [-0.2, -0.15) is 0 Å². The predicted molar refractivity (Wildman–Crippen MR) is 72.1 cm³/mol. The van der Waals surface area contributed by atoms with Crippen LogP contribution in [0.15, 0.2) is 0 Å². The van der Waals surface area contributed by atoms with Crippen LogP contribution >= 0.6 is 0 Å². The highest BCUT2D eigenvalue weighted by Crippen LogP contribution is 2.58. The molecular weight excluding hydrogens is 208 g/mol. The van der Waals surface area contributed by atoms with E-state index in [-0.39, 0.29) is 0 Å². The SMILES string of the molecule is CCC1(CNCC2CC23CCNCC3)CCC1. The van der Waals surface area contributed by atoms with Gasteiger partial charge in [0.1, 0.15) is 0 Å². The summed E-state index contributed by atoms with van der Waals surface area (Å²) >= 11 is 0. The van der Waals surface area contributed by atoms with Crippen molar-refractivity contribution < 1.29 is 0 Å². The Bertz CT molecular complexity index is 259. The summed E-state index contributed by atoms with van der Waals surface area (Å²) in [5.41, 5.74) is 1.45. The topological polar surface area (TPSA) is 24.1 Å². The molecule has 17 heavy (non-hydrogen) atoms. The monoisotopic (exact) mass is 236 g/mol. The Morgan fingerprint density at radius 1 is 1.18 bits per heavy atom. The van der Waals surface area contributed by atoms with Crippen LogP contribution in [0.1, 0.15) is 51.9 Å². The summed E-state index contributed by atoms with van der Waals surface area (Å²) in [6.45, 7) is 7.47. The minimum atomic E-state index is 0.691. The van der Waals surface area contributed by atoms with Crippen LogP contribution in [0.25, 0.3) is 0 Å². The van der Waals surface area contributed by atoms with Crippen LogP contribution in [0.5, 0.6) is 0 Å². The highest BCUT2D eigenvalue weighted by molar-refractivity contribution is 5.05. The van der Waals surface area contributed by atoms with Crippen molar-refractivity contribution >= 4 is 0 Å². The largest absolute Gasteiger partial charge is 0.317 e. The summed E-state index contributed by atoms with van der Waals surface area (Å²) in [4.78, 5) is 0. The van der Waals surface area contributed by atoms with Gasteiger partial charge in [-0.25, -0.2) is 0 Å². The van der Waals surface area contributed by atoms with Gasteiger partial charge in [-0.1, -0.05) is 13.3 Å². The van der Waals surface area contributed by atoms with Gasteiger partial charge < -0.3 is 10.6 Å². The fraction of sp³-hybridized carbons (Fsp3) is 1.00. The predicted octanol–water partition coefficient (Wildman–Crippen LogP) is 2.55. The van der Waals surface area contributed by atoms with Crippen molar-refractivity contribution in [2.24, 2.45) is 16.7 Å². The second-order valence-electron chi connectivity index (χ2n) is 6.85. The fourth-order valence-electron chi connectivity index (χ4n) is 4.10. The van der Waals surface area contributed by atoms with Gasteiger partial charge in [0.2, 0.25) is 0 Å². The molecule has 98 valence electrons. The van der Waals surface area contributed by atoms with E-state index in [4.69, 9.17) is 0 Å². The molecule has 2 aliphatic carbocycles. The van der Waals surface area contributed by atoms with E-state index >= 15 is 0 Å². The van der Waals surface area contributed by atoms with Crippen molar-refractivity contribution in [3.63, 3.8) is 0 Å². The van der Waals surface area contributed by atoms with Gasteiger partial charge in [-0.15, -0.1) is 0 Å². The summed E-state index contributed by atoms with van der Waals surface area (Å²) in [6, 6.07) is 0. The Morgan fingerprint density at radius 2 is 1.94 bits per heavy atom. The molecule has 2 N–H and O–H groups in total. The zero-order valence-corrected chi connectivity index (χ0v) is 11.4. The maximum Gasteiger partial charge on any atom is 0.000782 e. The van der Waals surface area contributed by atoms with E-state index in [0.29, 0.717) is 5.41 Å².